The van der Waals surface area contributed by atoms with Crippen molar-refractivity contribution in [3.05, 3.63) is 29.3 Å². The Morgan fingerprint density at radius 2 is 1.91 bits per heavy atom. The Balaban J connectivity index is 1.28. The van der Waals surface area contributed by atoms with Crippen LogP contribution < -0.4 is 4.74 Å². The molecule has 3 nitrogen and oxygen atoms in total. The maximum absolute atomic E-state index is 12.5. The number of hydrogen-bond donors (Lipinski definition) is 1. The van der Waals surface area contributed by atoms with Crippen LogP contribution in [-0.2, 0) is 17.6 Å². The lowest BCUT2D eigenvalue weighted by Gasteiger charge is -2.32. The molecule has 0 aliphatic heterocycles. The van der Waals surface area contributed by atoms with Crippen LogP contribution in [0.1, 0.15) is 108 Å². The zero-order valence-corrected chi connectivity index (χ0v) is 20.9. The highest BCUT2D eigenvalue weighted by molar-refractivity contribution is 5.80. The van der Waals surface area contributed by atoms with Gasteiger partial charge in [-0.1, -0.05) is 70.4 Å². The summed E-state index contributed by atoms with van der Waals surface area (Å²) in [4.78, 5) is 12.5. The molecular formula is C30H46O3. The van der Waals surface area contributed by atoms with E-state index in [1.54, 1.807) is 0 Å². The standard InChI is InChI=1S/C30H46O3/c1-2-3-5-12-26(31)17-16-23-14-15-25-20-29-24(19-28(23)25)11-8-13-30(29)33-21-27(32)18-22-9-6-4-7-10-22/h8,11,13,22-23,25-26,28,31H,2-7,9-10,12,14-21H2,1H3. The minimum atomic E-state index is -0.113. The van der Waals surface area contributed by atoms with Gasteiger partial charge in [0.15, 0.2) is 5.78 Å². The van der Waals surface area contributed by atoms with Gasteiger partial charge in [0.1, 0.15) is 12.4 Å². The lowest BCUT2D eigenvalue weighted by atomic mass is 9.73. The fourth-order valence-corrected chi connectivity index (χ4v) is 6.98. The van der Waals surface area contributed by atoms with Gasteiger partial charge in [0.2, 0.25) is 0 Å². The lowest BCUT2D eigenvalue weighted by Crippen LogP contribution is -2.26. The van der Waals surface area contributed by atoms with Crippen LogP contribution in [-0.4, -0.2) is 23.6 Å². The molecule has 3 heteroatoms. The van der Waals surface area contributed by atoms with Crippen LogP contribution in [0.2, 0.25) is 0 Å². The molecule has 0 bridgehead atoms. The van der Waals surface area contributed by atoms with Gasteiger partial charge < -0.3 is 9.84 Å². The highest BCUT2D eigenvalue weighted by Crippen LogP contribution is 2.48. The molecule has 1 N–H and O–H groups in total. The maximum atomic E-state index is 12.5. The van der Waals surface area contributed by atoms with E-state index in [1.807, 2.05) is 0 Å². The van der Waals surface area contributed by atoms with Crippen LogP contribution in [0.3, 0.4) is 0 Å². The number of hydrogen-bond acceptors (Lipinski definition) is 3. The van der Waals surface area contributed by atoms with Crippen LogP contribution in [0.5, 0.6) is 5.75 Å². The van der Waals surface area contributed by atoms with Gasteiger partial charge in [-0.3, -0.25) is 4.79 Å². The number of unbranched alkanes of at least 4 members (excludes halogenated alkanes) is 2. The predicted molar refractivity (Wildman–Crippen MR) is 135 cm³/mol. The third-order valence-corrected chi connectivity index (χ3v) is 8.91. The number of ether oxygens (including phenoxy) is 1. The average molecular weight is 455 g/mol. The van der Waals surface area contributed by atoms with E-state index >= 15 is 0 Å². The van der Waals surface area contributed by atoms with E-state index in [4.69, 9.17) is 4.74 Å². The summed E-state index contributed by atoms with van der Waals surface area (Å²) in [5.41, 5.74) is 2.80. The number of ketones is 1. The molecule has 1 aromatic carbocycles. The van der Waals surface area contributed by atoms with Crippen LogP contribution in [0.4, 0.5) is 0 Å². The number of Topliss-reactive ketones (excluding diaryl/α,β-unsaturated/α-hetero) is 1. The Bertz CT molecular complexity index is 751. The van der Waals surface area contributed by atoms with Gasteiger partial charge in [-0.25, -0.2) is 0 Å². The highest BCUT2D eigenvalue weighted by Gasteiger charge is 2.39. The molecule has 1 aromatic rings. The first kappa shape index (κ1) is 24.8. The van der Waals surface area contributed by atoms with Crippen LogP contribution in [0.15, 0.2) is 18.2 Å². The summed E-state index contributed by atoms with van der Waals surface area (Å²) in [5, 5.41) is 10.4. The minimum absolute atomic E-state index is 0.113. The minimum Gasteiger partial charge on any atom is -0.486 e. The second-order valence-electron chi connectivity index (χ2n) is 11.3. The summed E-state index contributed by atoms with van der Waals surface area (Å²) in [5.74, 6) is 4.06. The van der Waals surface area contributed by atoms with Crippen molar-refractivity contribution in [1.29, 1.82) is 0 Å². The van der Waals surface area contributed by atoms with E-state index in [1.165, 1.54) is 75.3 Å². The molecule has 2 fully saturated rings. The molecule has 184 valence electrons. The summed E-state index contributed by atoms with van der Waals surface area (Å²) >= 11 is 0. The van der Waals surface area contributed by atoms with Gasteiger partial charge in [0, 0.05) is 6.42 Å². The quantitative estimate of drug-likeness (QED) is 0.344. The predicted octanol–water partition coefficient (Wildman–Crippen LogP) is 7.07. The first-order valence-corrected chi connectivity index (χ1v) is 14.1. The van der Waals surface area contributed by atoms with Crippen molar-refractivity contribution < 1.29 is 14.6 Å². The molecule has 3 aliphatic rings. The van der Waals surface area contributed by atoms with Gasteiger partial charge in [-0.2, -0.15) is 0 Å². The Labute approximate surface area is 201 Å². The van der Waals surface area contributed by atoms with Crippen molar-refractivity contribution >= 4 is 5.78 Å². The summed E-state index contributed by atoms with van der Waals surface area (Å²) in [6.07, 6.45) is 18.5. The monoisotopic (exact) mass is 454 g/mol. The zero-order valence-electron chi connectivity index (χ0n) is 20.9. The first-order chi connectivity index (χ1) is 16.1. The van der Waals surface area contributed by atoms with Gasteiger partial charge in [-0.05, 0) is 85.8 Å². The summed E-state index contributed by atoms with van der Waals surface area (Å²) in [7, 11) is 0. The third kappa shape index (κ3) is 6.84. The van der Waals surface area contributed by atoms with E-state index in [9.17, 15) is 9.90 Å². The number of benzene rings is 1. The number of carbonyl (C=O) groups is 1. The smallest absolute Gasteiger partial charge is 0.170 e. The summed E-state index contributed by atoms with van der Waals surface area (Å²) in [6, 6.07) is 6.46. The molecule has 2 saturated carbocycles. The van der Waals surface area contributed by atoms with Crippen LogP contribution >= 0.6 is 0 Å². The number of aliphatic hydroxyl groups excluding tert-OH is 1. The number of fused-ring (bicyclic) bond motifs is 2. The Kier molecular flexibility index (Phi) is 9.29. The fourth-order valence-electron chi connectivity index (χ4n) is 6.98. The molecule has 0 saturated heterocycles. The third-order valence-electron chi connectivity index (χ3n) is 8.91. The summed E-state index contributed by atoms with van der Waals surface area (Å²) < 4.78 is 6.13. The molecule has 0 aromatic heterocycles. The number of rotatable bonds is 12. The van der Waals surface area contributed by atoms with E-state index < -0.39 is 0 Å². The second kappa shape index (κ2) is 12.4. The Morgan fingerprint density at radius 3 is 2.73 bits per heavy atom. The molecule has 0 radical (unpaired) electrons. The molecule has 4 unspecified atom stereocenters. The normalized spacial score (nSPS) is 25.9. The van der Waals surface area contributed by atoms with Gasteiger partial charge in [0.25, 0.3) is 0 Å². The van der Waals surface area contributed by atoms with Gasteiger partial charge >= 0.3 is 0 Å². The van der Waals surface area contributed by atoms with Crippen molar-refractivity contribution in [2.24, 2.45) is 23.7 Å². The highest BCUT2D eigenvalue weighted by atomic mass is 16.5. The molecule has 3 aliphatic carbocycles. The number of carbonyl (C=O) groups excluding carboxylic acids is 1. The van der Waals surface area contributed by atoms with Crippen molar-refractivity contribution in [1.82, 2.24) is 0 Å². The van der Waals surface area contributed by atoms with Crippen LogP contribution in [0.25, 0.3) is 0 Å². The summed E-state index contributed by atoms with van der Waals surface area (Å²) in [6.45, 7) is 2.46. The van der Waals surface area contributed by atoms with Crippen molar-refractivity contribution in [3.63, 3.8) is 0 Å². The van der Waals surface area contributed by atoms with Crippen molar-refractivity contribution in [3.8, 4) is 5.75 Å². The fraction of sp³-hybridized carbons (Fsp3) is 0.767. The molecular weight excluding hydrogens is 408 g/mol. The zero-order chi connectivity index (χ0) is 23.0. The van der Waals surface area contributed by atoms with Gasteiger partial charge in [0.05, 0.1) is 6.10 Å². The van der Waals surface area contributed by atoms with Crippen molar-refractivity contribution in [2.75, 3.05) is 6.61 Å². The second-order valence-corrected chi connectivity index (χ2v) is 11.3. The van der Waals surface area contributed by atoms with Crippen molar-refractivity contribution in [2.45, 2.75) is 116 Å². The molecule has 4 atom stereocenters. The van der Waals surface area contributed by atoms with E-state index in [2.05, 4.69) is 25.1 Å². The van der Waals surface area contributed by atoms with Gasteiger partial charge in [-0.15, -0.1) is 0 Å². The Hall–Kier alpha value is -1.35. The number of aliphatic hydroxyl groups is 1. The average Bonchev–Trinajstić information content (AvgIpc) is 3.22. The molecule has 33 heavy (non-hydrogen) atoms. The Morgan fingerprint density at radius 1 is 1.06 bits per heavy atom. The molecule has 0 spiro atoms. The van der Waals surface area contributed by atoms with E-state index in [0.29, 0.717) is 12.3 Å². The molecule has 4 rings (SSSR count). The first-order valence-electron chi connectivity index (χ1n) is 14.1. The maximum Gasteiger partial charge on any atom is 0.170 e. The van der Waals surface area contributed by atoms with Crippen LogP contribution in [0, 0.1) is 23.7 Å². The molecule has 0 amide bonds. The molecule has 0 heterocycles. The SMILES string of the molecule is CCCCCC(O)CCC1CCC2Cc3c(cccc3OCC(=O)CC3CCCCC3)CC12. The van der Waals surface area contributed by atoms with E-state index in [0.717, 1.165) is 55.6 Å². The topological polar surface area (TPSA) is 46.5 Å². The van der Waals surface area contributed by atoms with E-state index in [-0.39, 0.29) is 18.5 Å². The largest absolute Gasteiger partial charge is 0.486 e. The lowest BCUT2D eigenvalue weighted by molar-refractivity contribution is -0.122.